The van der Waals surface area contributed by atoms with Gasteiger partial charge in [-0.15, -0.1) is 0 Å². The number of hydrogen-bond donors (Lipinski definition) is 1. The first-order chi connectivity index (χ1) is 14.2. The predicted molar refractivity (Wildman–Crippen MR) is 103 cm³/mol. The molecule has 0 radical (unpaired) electrons. The van der Waals surface area contributed by atoms with Crippen LogP contribution in [0.4, 0.5) is 4.79 Å². The van der Waals surface area contributed by atoms with Crippen molar-refractivity contribution in [2.45, 2.75) is 25.4 Å². The summed E-state index contributed by atoms with van der Waals surface area (Å²) in [4.78, 5) is 30.4. The van der Waals surface area contributed by atoms with E-state index in [0.717, 1.165) is 37.7 Å². The first kappa shape index (κ1) is 18.4. The number of fused-ring (bicyclic) bond motifs is 2. The average Bonchev–Trinajstić information content (AvgIpc) is 3.11. The zero-order valence-corrected chi connectivity index (χ0v) is 16.2. The van der Waals surface area contributed by atoms with E-state index in [9.17, 15) is 9.59 Å². The van der Waals surface area contributed by atoms with E-state index in [1.54, 1.807) is 18.5 Å². The van der Waals surface area contributed by atoms with Crippen molar-refractivity contribution in [3.63, 3.8) is 0 Å². The van der Waals surface area contributed by atoms with E-state index >= 15 is 0 Å². The number of hydrogen-bond acceptors (Lipinski definition) is 6. The quantitative estimate of drug-likeness (QED) is 0.830. The van der Waals surface area contributed by atoms with Crippen LogP contribution in [-0.4, -0.2) is 60.8 Å². The second-order valence-electron chi connectivity index (χ2n) is 8.16. The van der Waals surface area contributed by atoms with Gasteiger partial charge in [0, 0.05) is 44.1 Å². The molecule has 4 heterocycles. The highest BCUT2D eigenvalue weighted by atomic mass is 16.6. The maximum atomic E-state index is 12.3. The Bertz CT molecular complexity index is 862. The number of furan rings is 1. The molecule has 1 unspecified atom stereocenters. The number of ether oxygens (including phenoxy) is 2. The monoisotopic (exact) mass is 399 g/mol. The number of likely N-dealkylation sites (tertiary alicyclic amines) is 1. The summed E-state index contributed by atoms with van der Waals surface area (Å²) >= 11 is 0. The zero-order valence-electron chi connectivity index (χ0n) is 16.2. The third-order valence-electron chi connectivity index (χ3n) is 6.38. The van der Waals surface area contributed by atoms with Crippen molar-refractivity contribution in [2.75, 3.05) is 32.8 Å². The maximum Gasteiger partial charge on any atom is 0.410 e. The Morgan fingerprint density at radius 1 is 1.24 bits per heavy atom. The van der Waals surface area contributed by atoms with Crippen LogP contribution in [0.1, 0.15) is 29.8 Å². The van der Waals surface area contributed by atoms with E-state index in [-0.39, 0.29) is 18.1 Å². The SMILES string of the molecule is O=C(NCCC1[C@H]2CN(C(=O)OC3CCOCC3)C[C@@H]12)c1cc2ccncc2o1. The summed E-state index contributed by atoms with van der Waals surface area (Å²) in [6, 6.07) is 3.56. The summed E-state index contributed by atoms with van der Waals surface area (Å²) in [5.41, 5.74) is 0.613. The van der Waals surface area contributed by atoms with E-state index < -0.39 is 0 Å². The van der Waals surface area contributed by atoms with Gasteiger partial charge >= 0.3 is 6.09 Å². The fourth-order valence-electron chi connectivity index (χ4n) is 4.67. The molecule has 0 bridgehead atoms. The van der Waals surface area contributed by atoms with Crippen LogP contribution in [-0.2, 0) is 9.47 Å². The van der Waals surface area contributed by atoms with Crippen LogP contribution in [0.25, 0.3) is 11.0 Å². The first-order valence-electron chi connectivity index (χ1n) is 10.3. The molecule has 5 rings (SSSR count). The smallest absolute Gasteiger partial charge is 0.410 e. The van der Waals surface area contributed by atoms with E-state index in [4.69, 9.17) is 13.9 Å². The molecule has 0 aromatic carbocycles. The van der Waals surface area contributed by atoms with Gasteiger partial charge < -0.3 is 24.1 Å². The van der Waals surface area contributed by atoms with Gasteiger partial charge in [-0.25, -0.2) is 4.79 Å². The largest absolute Gasteiger partial charge is 0.449 e. The Labute approximate surface area is 168 Å². The van der Waals surface area contributed by atoms with Crippen LogP contribution in [0, 0.1) is 17.8 Å². The maximum absolute atomic E-state index is 12.3. The van der Waals surface area contributed by atoms with Crippen LogP contribution in [0.5, 0.6) is 0 Å². The number of carbonyl (C=O) groups excluding carboxylic acids is 2. The Morgan fingerprint density at radius 3 is 2.79 bits per heavy atom. The number of pyridine rings is 1. The summed E-state index contributed by atoms with van der Waals surface area (Å²) in [6.45, 7) is 3.48. The lowest BCUT2D eigenvalue weighted by molar-refractivity contribution is -0.00949. The molecular weight excluding hydrogens is 374 g/mol. The van der Waals surface area contributed by atoms with E-state index in [0.29, 0.717) is 48.9 Å². The fourth-order valence-corrected chi connectivity index (χ4v) is 4.67. The molecule has 8 heteroatoms. The molecule has 0 spiro atoms. The Kier molecular flexibility index (Phi) is 4.87. The normalized spacial score (nSPS) is 26.3. The minimum atomic E-state index is -0.200. The van der Waals surface area contributed by atoms with Crippen LogP contribution >= 0.6 is 0 Å². The lowest BCUT2D eigenvalue weighted by Crippen LogP contribution is -2.36. The van der Waals surface area contributed by atoms with Crippen molar-refractivity contribution in [1.82, 2.24) is 15.2 Å². The molecule has 3 atom stereocenters. The molecule has 8 nitrogen and oxygen atoms in total. The highest BCUT2D eigenvalue weighted by Gasteiger charge is 2.56. The van der Waals surface area contributed by atoms with Crippen LogP contribution in [0.15, 0.2) is 28.9 Å². The van der Waals surface area contributed by atoms with Gasteiger partial charge in [0.15, 0.2) is 11.3 Å². The molecule has 1 aliphatic carbocycles. The molecule has 2 amide bonds. The molecule has 29 heavy (non-hydrogen) atoms. The van der Waals surface area contributed by atoms with Crippen LogP contribution in [0.2, 0.25) is 0 Å². The summed E-state index contributed by atoms with van der Waals surface area (Å²) in [5.74, 6) is 1.75. The Balaban J connectivity index is 1.04. The number of piperidine rings is 1. The highest BCUT2D eigenvalue weighted by Crippen LogP contribution is 2.53. The third-order valence-corrected chi connectivity index (χ3v) is 6.38. The standard InChI is InChI=1S/C21H25N3O5/c25-20(18-9-13-1-5-22-10-19(13)29-18)23-6-2-15-16-11-24(12-17(15)16)21(26)28-14-3-7-27-8-4-14/h1,5,9-10,14-17H,2-4,6-8,11-12H2,(H,23,25)/t15?,16-,17+. The third kappa shape index (κ3) is 3.81. The lowest BCUT2D eigenvalue weighted by atomic mass is 10.1. The first-order valence-corrected chi connectivity index (χ1v) is 10.3. The van der Waals surface area contributed by atoms with Crippen LogP contribution in [0.3, 0.4) is 0 Å². The van der Waals surface area contributed by atoms with Crippen molar-refractivity contribution >= 4 is 23.0 Å². The number of nitrogens with zero attached hydrogens (tertiary/aromatic N) is 2. The van der Waals surface area contributed by atoms with E-state index in [2.05, 4.69) is 10.3 Å². The van der Waals surface area contributed by atoms with Crippen molar-refractivity contribution in [3.05, 3.63) is 30.3 Å². The second kappa shape index (κ2) is 7.67. The fraction of sp³-hybridized carbons (Fsp3) is 0.571. The summed E-state index contributed by atoms with van der Waals surface area (Å²) < 4.78 is 16.4. The molecule has 154 valence electrons. The Hall–Kier alpha value is -2.61. The van der Waals surface area contributed by atoms with E-state index in [1.807, 2.05) is 11.0 Å². The molecular formula is C21H25N3O5. The van der Waals surface area contributed by atoms with Gasteiger partial charge in [-0.05, 0) is 36.3 Å². The zero-order chi connectivity index (χ0) is 19.8. The summed E-state index contributed by atoms with van der Waals surface area (Å²) in [5, 5.41) is 3.81. The topological polar surface area (TPSA) is 93.9 Å². The van der Waals surface area contributed by atoms with Gasteiger partial charge in [0.1, 0.15) is 6.10 Å². The van der Waals surface area contributed by atoms with Gasteiger partial charge in [-0.1, -0.05) is 0 Å². The number of aromatic nitrogens is 1. The molecule has 1 N–H and O–H groups in total. The number of carbonyl (C=O) groups is 2. The summed E-state index contributed by atoms with van der Waals surface area (Å²) in [7, 11) is 0. The highest BCUT2D eigenvalue weighted by molar-refractivity contribution is 5.95. The number of rotatable bonds is 5. The molecule has 2 saturated heterocycles. The predicted octanol–water partition coefficient (Wildman–Crippen LogP) is 2.44. The van der Waals surface area contributed by atoms with Crippen LogP contribution < -0.4 is 5.32 Å². The number of nitrogens with one attached hydrogen (secondary N) is 1. The van der Waals surface area contributed by atoms with Crippen molar-refractivity contribution in [2.24, 2.45) is 17.8 Å². The average molecular weight is 399 g/mol. The number of amides is 2. The van der Waals surface area contributed by atoms with Crippen molar-refractivity contribution in [3.8, 4) is 0 Å². The minimum Gasteiger partial charge on any atom is -0.449 e. The second-order valence-corrected chi connectivity index (χ2v) is 8.16. The minimum absolute atomic E-state index is 0.00628. The van der Waals surface area contributed by atoms with Gasteiger partial charge in [-0.2, -0.15) is 0 Å². The molecule has 1 saturated carbocycles. The van der Waals surface area contributed by atoms with Gasteiger partial charge in [0.25, 0.3) is 5.91 Å². The Morgan fingerprint density at radius 2 is 2.03 bits per heavy atom. The van der Waals surface area contributed by atoms with Crippen molar-refractivity contribution < 1.29 is 23.5 Å². The molecule has 3 aliphatic rings. The molecule has 2 aliphatic heterocycles. The molecule has 3 fully saturated rings. The lowest BCUT2D eigenvalue weighted by Gasteiger charge is -2.26. The molecule has 2 aromatic rings. The van der Waals surface area contributed by atoms with Gasteiger partial charge in [-0.3, -0.25) is 9.78 Å². The summed E-state index contributed by atoms with van der Waals surface area (Å²) in [6.07, 6.45) is 5.59. The van der Waals surface area contributed by atoms with Gasteiger partial charge in [0.05, 0.1) is 19.4 Å². The molecule has 2 aromatic heterocycles. The van der Waals surface area contributed by atoms with E-state index in [1.165, 1.54) is 0 Å². The van der Waals surface area contributed by atoms with Gasteiger partial charge in [0.2, 0.25) is 0 Å². The van der Waals surface area contributed by atoms with Crippen molar-refractivity contribution in [1.29, 1.82) is 0 Å².